The number of hydrogen-bond acceptors (Lipinski definition) is 2. The molecule has 2 heteroatoms. The maximum absolute atomic E-state index is 9.07. The highest BCUT2D eigenvalue weighted by atomic mass is 16.5. The van der Waals surface area contributed by atoms with Gasteiger partial charge < -0.3 is 10.2 Å². The first-order valence-electron chi connectivity index (χ1n) is 3.57. The summed E-state index contributed by atoms with van der Waals surface area (Å²) >= 11 is 0. The third-order valence-corrected chi connectivity index (χ3v) is 1.30. The standard InChI is InChI=1S/C7H16O2/c1-3-5-7(8,9)6-4-2/h8-9H,3-6H2,1-2H3. The average Bonchev–Trinajstić information content (AvgIpc) is 1.64. The van der Waals surface area contributed by atoms with Gasteiger partial charge in [0.15, 0.2) is 5.79 Å². The largest absolute Gasteiger partial charge is 0.366 e. The Hall–Kier alpha value is -0.0800. The summed E-state index contributed by atoms with van der Waals surface area (Å²) in [6.45, 7) is 3.88. The highest BCUT2D eigenvalue weighted by molar-refractivity contribution is 4.61. The molecule has 0 fully saturated rings. The van der Waals surface area contributed by atoms with Gasteiger partial charge in [0, 0.05) is 12.8 Å². The highest BCUT2D eigenvalue weighted by Crippen LogP contribution is 2.14. The third-order valence-electron chi connectivity index (χ3n) is 1.30. The molecular weight excluding hydrogens is 116 g/mol. The van der Waals surface area contributed by atoms with E-state index in [0.29, 0.717) is 12.8 Å². The Morgan fingerprint density at radius 3 is 1.56 bits per heavy atom. The first-order chi connectivity index (χ1) is 4.12. The van der Waals surface area contributed by atoms with Crippen molar-refractivity contribution in [1.82, 2.24) is 0 Å². The molecule has 0 aliphatic rings. The molecular formula is C7H16O2. The maximum atomic E-state index is 9.07. The van der Waals surface area contributed by atoms with Crippen molar-refractivity contribution in [2.45, 2.75) is 45.3 Å². The third kappa shape index (κ3) is 4.43. The minimum Gasteiger partial charge on any atom is -0.366 e. The van der Waals surface area contributed by atoms with Gasteiger partial charge >= 0.3 is 0 Å². The van der Waals surface area contributed by atoms with Crippen LogP contribution in [-0.4, -0.2) is 16.0 Å². The van der Waals surface area contributed by atoms with E-state index in [0.717, 1.165) is 12.8 Å². The molecule has 9 heavy (non-hydrogen) atoms. The summed E-state index contributed by atoms with van der Waals surface area (Å²) in [5.74, 6) is -1.40. The van der Waals surface area contributed by atoms with Crippen LogP contribution >= 0.6 is 0 Å². The van der Waals surface area contributed by atoms with Gasteiger partial charge in [-0.05, 0) is 0 Å². The molecule has 0 bridgehead atoms. The summed E-state index contributed by atoms with van der Waals surface area (Å²) in [4.78, 5) is 0. The second-order valence-electron chi connectivity index (χ2n) is 2.48. The molecule has 0 saturated heterocycles. The minimum atomic E-state index is -1.40. The molecule has 0 heterocycles. The van der Waals surface area contributed by atoms with Crippen LogP contribution in [-0.2, 0) is 0 Å². The molecule has 2 N–H and O–H groups in total. The minimum absolute atomic E-state index is 0.487. The predicted octanol–water partition coefficient (Wildman–Crippen LogP) is 1.27. The van der Waals surface area contributed by atoms with Crippen molar-refractivity contribution in [2.75, 3.05) is 0 Å². The molecule has 0 aromatic rings. The molecule has 0 spiro atoms. The summed E-state index contributed by atoms with van der Waals surface area (Å²) < 4.78 is 0. The zero-order chi connectivity index (χ0) is 7.33. The Balaban J connectivity index is 3.43. The average molecular weight is 132 g/mol. The Morgan fingerprint density at radius 1 is 1.00 bits per heavy atom. The van der Waals surface area contributed by atoms with E-state index < -0.39 is 5.79 Å². The van der Waals surface area contributed by atoms with Crippen LogP contribution in [0.15, 0.2) is 0 Å². The van der Waals surface area contributed by atoms with Crippen molar-refractivity contribution in [1.29, 1.82) is 0 Å². The van der Waals surface area contributed by atoms with E-state index in [9.17, 15) is 0 Å². The van der Waals surface area contributed by atoms with Crippen molar-refractivity contribution >= 4 is 0 Å². The molecule has 0 atom stereocenters. The summed E-state index contributed by atoms with van der Waals surface area (Å²) in [5.41, 5.74) is 0. The zero-order valence-electron chi connectivity index (χ0n) is 6.22. The first-order valence-corrected chi connectivity index (χ1v) is 3.57. The van der Waals surface area contributed by atoms with E-state index in [1.807, 2.05) is 13.8 Å². The molecule has 0 aliphatic carbocycles. The van der Waals surface area contributed by atoms with Gasteiger partial charge in [-0.15, -0.1) is 0 Å². The summed E-state index contributed by atoms with van der Waals surface area (Å²) in [6, 6.07) is 0. The molecule has 0 saturated carbocycles. The van der Waals surface area contributed by atoms with E-state index in [4.69, 9.17) is 10.2 Å². The summed E-state index contributed by atoms with van der Waals surface area (Å²) in [5, 5.41) is 18.1. The Kier molecular flexibility index (Phi) is 3.82. The van der Waals surface area contributed by atoms with Gasteiger partial charge in [0.25, 0.3) is 0 Å². The second kappa shape index (κ2) is 3.85. The fourth-order valence-corrected chi connectivity index (χ4v) is 0.926. The number of rotatable bonds is 4. The summed E-state index contributed by atoms with van der Waals surface area (Å²) in [7, 11) is 0. The van der Waals surface area contributed by atoms with E-state index in [1.165, 1.54) is 0 Å². The van der Waals surface area contributed by atoms with Crippen molar-refractivity contribution in [3.63, 3.8) is 0 Å². The van der Waals surface area contributed by atoms with Crippen LogP contribution < -0.4 is 0 Å². The van der Waals surface area contributed by atoms with Gasteiger partial charge in [-0.2, -0.15) is 0 Å². The maximum Gasteiger partial charge on any atom is 0.162 e. The van der Waals surface area contributed by atoms with E-state index in [-0.39, 0.29) is 0 Å². The summed E-state index contributed by atoms with van der Waals surface area (Å²) in [6.07, 6.45) is 2.63. The van der Waals surface area contributed by atoms with Crippen LogP contribution in [0.2, 0.25) is 0 Å². The SMILES string of the molecule is CCCC(O)(O)CCC. The molecule has 0 aromatic heterocycles. The monoisotopic (exact) mass is 132 g/mol. The lowest BCUT2D eigenvalue weighted by Crippen LogP contribution is -2.26. The lowest BCUT2D eigenvalue weighted by Gasteiger charge is -2.19. The molecule has 0 aliphatic heterocycles. The van der Waals surface area contributed by atoms with E-state index in [2.05, 4.69) is 0 Å². The van der Waals surface area contributed by atoms with Gasteiger partial charge in [-0.25, -0.2) is 0 Å². The Labute approximate surface area is 56.5 Å². The highest BCUT2D eigenvalue weighted by Gasteiger charge is 2.18. The molecule has 56 valence electrons. The zero-order valence-corrected chi connectivity index (χ0v) is 6.22. The van der Waals surface area contributed by atoms with Crippen molar-refractivity contribution in [3.8, 4) is 0 Å². The lowest BCUT2D eigenvalue weighted by molar-refractivity contribution is -0.170. The van der Waals surface area contributed by atoms with E-state index in [1.54, 1.807) is 0 Å². The molecule has 0 unspecified atom stereocenters. The second-order valence-corrected chi connectivity index (χ2v) is 2.48. The van der Waals surface area contributed by atoms with Crippen molar-refractivity contribution in [3.05, 3.63) is 0 Å². The molecule has 0 rings (SSSR count). The first kappa shape index (κ1) is 8.92. The van der Waals surface area contributed by atoms with Gasteiger partial charge in [0.1, 0.15) is 0 Å². The van der Waals surface area contributed by atoms with Gasteiger partial charge in [-0.3, -0.25) is 0 Å². The van der Waals surface area contributed by atoms with Crippen LogP contribution in [0.3, 0.4) is 0 Å². The van der Waals surface area contributed by atoms with Crippen LogP contribution in [0.4, 0.5) is 0 Å². The number of aliphatic hydroxyl groups is 2. The predicted molar refractivity (Wildman–Crippen MR) is 37.0 cm³/mol. The fourth-order valence-electron chi connectivity index (χ4n) is 0.926. The molecule has 0 amide bonds. The van der Waals surface area contributed by atoms with Crippen LogP contribution in [0, 0.1) is 0 Å². The number of hydrogen-bond donors (Lipinski definition) is 2. The molecule has 0 radical (unpaired) electrons. The topological polar surface area (TPSA) is 40.5 Å². The smallest absolute Gasteiger partial charge is 0.162 e. The fraction of sp³-hybridized carbons (Fsp3) is 1.00. The van der Waals surface area contributed by atoms with Gasteiger partial charge in [0.2, 0.25) is 0 Å². The van der Waals surface area contributed by atoms with Crippen molar-refractivity contribution < 1.29 is 10.2 Å². The van der Waals surface area contributed by atoms with Crippen LogP contribution in [0.5, 0.6) is 0 Å². The van der Waals surface area contributed by atoms with E-state index >= 15 is 0 Å². The molecule has 2 nitrogen and oxygen atoms in total. The Bertz CT molecular complexity index is 61.3. The quantitative estimate of drug-likeness (QED) is 0.565. The normalized spacial score (nSPS) is 12.0. The molecule has 0 aromatic carbocycles. The van der Waals surface area contributed by atoms with Gasteiger partial charge in [0.05, 0.1) is 0 Å². The van der Waals surface area contributed by atoms with Crippen LogP contribution in [0.1, 0.15) is 39.5 Å². The lowest BCUT2D eigenvalue weighted by atomic mass is 10.1. The van der Waals surface area contributed by atoms with Crippen molar-refractivity contribution in [2.24, 2.45) is 0 Å². The Morgan fingerprint density at radius 2 is 1.33 bits per heavy atom. The van der Waals surface area contributed by atoms with Crippen LogP contribution in [0.25, 0.3) is 0 Å². The van der Waals surface area contributed by atoms with Gasteiger partial charge in [-0.1, -0.05) is 26.7 Å².